The zero-order valence-corrected chi connectivity index (χ0v) is 10.2. The molecule has 0 aromatic heterocycles. The molecular formula is C14H14N4O. The van der Waals surface area contributed by atoms with E-state index in [1.807, 2.05) is 60.7 Å². The second-order valence-corrected chi connectivity index (χ2v) is 3.83. The lowest BCUT2D eigenvalue weighted by Crippen LogP contribution is -2.33. The number of carbonyl (C=O) groups excluding carboxylic acids is 1. The Morgan fingerprint density at radius 2 is 1.26 bits per heavy atom. The van der Waals surface area contributed by atoms with E-state index in [1.54, 1.807) is 5.01 Å². The van der Waals surface area contributed by atoms with Crippen molar-refractivity contribution in [1.29, 1.82) is 0 Å². The summed E-state index contributed by atoms with van der Waals surface area (Å²) in [6.45, 7) is 0. The number of hydrazone groups is 1. The van der Waals surface area contributed by atoms with Crippen molar-refractivity contribution < 1.29 is 4.79 Å². The van der Waals surface area contributed by atoms with Crippen molar-refractivity contribution in [1.82, 2.24) is 0 Å². The molecule has 2 aromatic carbocycles. The van der Waals surface area contributed by atoms with E-state index in [4.69, 9.17) is 11.5 Å². The number of carbonyl (C=O) groups is 1. The first-order valence-electron chi connectivity index (χ1n) is 5.72. The number of nitrogens with zero attached hydrogens (tertiary/aromatic N) is 2. The number of rotatable bonds is 3. The topological polar surface area (TPSA) is 84.7 Å². The van der Waals surface area contributed by atoms with E-state index in [1.165, 1.54) is 0 Å². The molecule has 0 fully saturated rings. The van der Waals surface area contributed by atoms with Crippen molar-refractivity contribution in [2.24, 2.45) is 16.6 Å². The maximum absolute atomic E-state index is 11.0. The Morgan fingerprint density at radius 1 is 0.842 bits per heavy atom. The quantitative estimate of drug-likeness (QED) is 0.495. The molecule has 5 nitrogen and oxygen atoms in total. The highest BCUT2D eigenvalue weighted by Gasteiger charge is 2.10. The molecule has 2 rings (SSSR count). The Kier molecular flexibility index (Phi) is 3.78. The Hall–Kier alpha value is -2.82. The summed E-state index contributed by atoms with van der Waals surface area (Å²) in [5, 5.41) is 5.64. The molecule has 19 heavy (non-hydrogen) atoms. The van der Waals surface area contributed by atoms with Gasteiger partial charge in [-0.1, -0.05) is 36.4 Å². The smallest absolute Gasteiger partial charge is 0.285 e. The van der Waals surface area contributed by atoms with E-state index in [0.717, 1.165) is 11.4 Å². The Bertz CT molecular complexity index is 541. The average molecular weight is 254 g/mol. The minimum Gasteiger partial charge on any atom is -0.378 e. The molecule has 0 aliphatic heterocycles. The lowest BCUT2D eigenvalue weighted by atomic mass is 10.2. The van der Waals surface area contributed by atoms with Crippen LogP contribution in [0, 0.1) is 0 Å². The van der Waals surface area contributed by atoms with Gasteiger partial charge in [0.15, 0.2) is 0 Å². The third-order valence-electron chi connectivity index (χ3n) is 2.46. The van der Waals surface area contributed by atoms with Crippen LogP contribution in [-0.4, -0.2) is 11.7 Å². The van der Waals surface area contributed by atoms with Crippen molar-refractivity contribution in [3.8, 4) is 0 Å². The summed E-state index contributed by atoms with van der Waals surface area (Å²) >= 11 is 0. The van der Waals surface area contributed by atoms with Crippen LogP contribution in [0.4, 0.5) is 11.4 Å². The van der Waals surface area contributed by atoms with Crippen LogP contribution in [0.5, 0.6) is 0 Å². The number of hydrogen-bond acceptors (Lipinski definition) is 3. The summed E-state index contributed by atoms with van der Waals surface area (Å²) in [4.78, 5) is 11.0. The molecule has 0 unspecified atom stereocenters. The predicted molar refractivity (Wildman–Crippen MR) is 75.8 cm³/mol. The van der Waals surface area contributed by atoms with Gasteiger partial charge in [-0.05, 0) is 24.3 Å². The van der Waals surface area contributed by atoms with Gasteiger partial charge in [0.1, 0.15) is 0 Å². The summed E-state index contributed by atoms with van der Waals surface area (Å²) < 4.78 is 0. The Morgan fingerprint density at radius 3 is 1.63 bits per heavy atom. The van der Waals surface area contributed by atoms with Crippen molar-refractivity contribution in [3.63, 3.8) is 0 Å². The summed E-state index contributed by atoms with van der Waals surface area (Å²) in [5.74, 6) is -0.996. The molecule has 2 aromatic rings. The molecule has 0 atom stereocenters. The minimum atomic E-state index is -0.753. The van der Waals surface area contributed by atoms with Gasteiger partial charge < -0.3 is 11.5 Å². The van der Waals surface area contributed by atoms with Crippen LogP contribution >= 0.6 is 0 Å². The van der Waals surface area contributed by atoms with Gasteiger partial charge >= 0.3 is 0 Å². The molecular weight excluding hydrogens is 240 g/mol. The van der Waals surface area contributed by atoms with Crippen molar-refractivity contribution in [3.05, 3.63) is 60.7 Å². The molecule has 5 heteroatoms. The molecule has 0 aliphatic carbocycles. The highest BCUT2D eigenvalue weighted by molar-refractivity contribution is 6.36. The molecule has 0 saturated carbocycles. The number of primary amides is 1. The first-order valence-corrected chi connectivity index (χ1v) is 5.72. The lowest BCUT2D eigenvalue weighted by molar-refractivity contribution is -0.112. The van der Waals surface area contributed by atoms with E-state index in [2.05, 4.69) is 5.10 Å². The highest BCUT2D eigenvalue weighted by Crippen LogP contribution is 2.24. The lowest BCUT2D eigenvalue weighted by Gasteiger charge is -2.19. The third kappa shape index (κ3) is 3.10. The summed E-state index contributed by atoms with van der Waals surface area (Å²) in [7, 11) is 0. The van der Waals surface area contributed by atoms with Gasteiger partial charge in [-0.25, -0.2) is 5.01 Å². The molecule has 1 amide bonds. The average Bonchev–Trinajstić information content (AvgIpc) is 2.46. The van der Waals surface area contributed by atoms with E-state index in [0.29, 0.717) is 0 Å². The largest absolute Gasteiger partial charge is 0.378 e. The zero-order chi connectivity index (χ0) is 13.7. The molecule has 96 valence electrons. The number of benzene rings is 2. The number of para-hydroxylation sites is 2. The second-order valence-electron chi connectivity index (χ2n) is 3.83. The van der Waals surface area contributed by atoms with E-state index < -0.39 is 5.91 Å². The summed E-state index contributed by atoms with van der Waals surface area (Å²) in [6, 6.07) is 18.8. The summed E-state index contributed by atoms with van der Waals surface area (Å²) in [5.41, 5.74) is 12.2. The van der Waals surface area contributed by atoms with Crippen molar-refractivity contribution >= 4 is 23.1 Å². The molecule has 0 aliphatic rings. The van der Waals surface area contributed by atoms with Crippen LogP contribution in [0.3, 0.4) is 0 Å². The zero-order valence-electron chi connectivity index (χ0n) is 10.2. The van der Waals surface area contributed by atoms with E-state index >= 15 is 0 Å². The van der Waals surface area contributed by atoms with Crippen LogP contribution < -0.4 is 16.5 Å². The van der Waals surface area contributed by atoms with Gasteiger partial charge in [0.25, 0.3) is 5.91 Å². The number of amides is 1. The van der Waals surface area contributed by atoms with Gasteiger partial charge in [0.05, 0.1) is 11.4 Å². The number of amidine groups is 1. The molecule has 0 heterocycles. The van der Waals surface area contributed by atoms with Crippen molar-refractivity contribution in [2.45, 2.75) is 0 Å². The van der Waals surface area contributed by atoms with Gasteiger partial charge in [-0.15, -0.1) is 5.10 Å². The maximum Gasteiger partial charge on any atom is 0.285 e. The molecule has 0 spiro atoms. The number of nitrogens with two attached hydrogens (primary N) is 2. The van der Waals surface area contributed by atoms with Gasteiger partial charge in [-0.2, -0.15) is 0 Å². The van der Waals surface area contributed by atoms with Gasteiger partial charge in [0.2, 0.25) is 5.84 Å². The first-order chi connectivity index (χ1) is 9.18. The van der Waals surface area contributed by atoms with Crippen LogP contribution in [0.25, 0.3) is 0 Å². The molecule has 0 saturated heterocycles. The molecule has 0 bridgehead atoms. The van der Waals surface area contributed by atoms with Crippen LogP contribution in [-0.2, 0) is 4.79 Å². The SMILES string of the molecule is NC(=O)C(N)=NN(c1ccccc1)c1ccccc1. The highest BCUT2D eigenvalue weighted by atomic mass is 16.1. The maximum atomic E-state index is 11.0. The monoisotopic (exact) mass is 254 g/mol. The number of hydrogen-bond donors (Lipinski definition) is 2. The van der Waals surface area contributed by atoms with Crippen molar-refractivity contribution in [2.75, 3.05) is 5.01 Å². The standard InChI is InChI=1S/C14H14N4O/c15-13(14(16)19)17-18(11-7-3-1-4-8-11)12-9-5-2-6-10-12/h1-10H,(H2,15,17)(H2,16,19). The van der Waals surface area contributed by atoms with E-state index in [9.17, 15) is 4.79 Å². The second kappa shape index (κ2) is 5.68. The normalized spacial score (nSPS) is 11.1. The minimum absolute atomic E-state index is 0.243. The Labute approximate surface area is 111 Å². The predicted octanol–water partition coefficient (Wildman–Crippen LogP) is 1.58. The van der Waals surface area contributed by atoms with Gasteiger partial charge in [0, 0.05) is 0 Å². The van der Waals surface area contributed by atoms with Gasteiger partial charge in [-0.3, -0.25) is 4.79 Å². The fourth-order valence-electron chi connectivity index (χ4n) is 1.56. The number of anilines is 2. The Balaban J connectivity index is 2.46. The van der Waals surface area contributed by atoms with Crippen LogP contribution in [0.2, 0.25) is 0 Å². The first kappa shape index (κ1) is 12.6. The van der Waals surface area contributed by atoms with Crippen LogP contribution in [0.1, 0.15) is 0 Å². The molecule has 4 N–H and O–H groups in total. The third-order valence-corrected chi connectivity index (χ3v) is 2.46. The fraction of sp³-hybridized carbons (Fsp3) is 0. The fourth-order valence-corrected chi connectivity index (χ4v) is 1.56. The summed E-state index contributed by atoms with van der Waals surface area (Å²) in [6.07, 6.45) is 0. The van der Waals surface area contributed by atoms with E-state index in [-0.39, 0.29) is 5.84 Å². The molecule has 0 radical (unpaired) electrons. The van der Waals surface area contributed by atoms with Crippen LogP contribution in [0.15, 0.2) is 65.8 Å².